The van der Waals surface area contributed by atoms with Crippen LogP contribution in [0.15, 0.2) is 34.6 Å². The molecule has 3 rings (SSSR count). The summed E-state index contributed by atoms with van der Waals surface area (Å²) in [6.07, 6.45) is 8.25. The Hall–Kier alpha value is -1.95. The number of esters is 1. The van der Waals surface area contributed by atoms with Gasteiger partial charge in [-0.05, 0) is 19.3 Å². The highest BCUT2D eigenvalue weighted by molar-refractivity contribution is 7.15. The fourth-order valence-electron chi connectivity index (χ4n) is 2.23. The molecule has 0 aromatic carbocycles. The normalized spacial score (nSPS) is 18.3. The van der Waals surface area contributed by atoms with Crippen LogP contribution >= 0.6 is 11.3 Å². The first-order valence-electron chi connectivity index (χ1n) is 6.51. The Bertz CT molecular complexity index is 717. The molecule has 0 bridgehead atoms. The quantitative estimate of drug-likeness (QED) is 0.642. The lowest BCUT2D eigenvalue weighted by atomic mass is 9.95. The number of rotatable bonds is 3. The van der Waals surface area contributed by atoms with Gasteiger partial charge in [0.15, 0.2) is 4.96 Å². The van der Waals surface area contributed by atoms with Crippen LogP contribution in [0.3, 0.4) is 0 Å². The molecule has 0 saturated carbocycles. The largest absolute Gasteiger partial charge is 0.459 e. The van der Waals surface area contributed by atoms with Crippen LogP contribution in [0.2, 0.25) is 0 Å². The highest BCUT2D eigenvalue weighted by Crippen LogP contribution is 2.19. The Labute approximate surface area is 119 Å². The van der Waals surface area contributed by atoms with Gasteiger partial charge in [-0.2, -0.15) is 0 Å². The molecular weight excluding hydrogens is 276 g/mol. The number of fused-ring (bicyclic) bond motifs is 1. The maximum atomic E-state index is 11.9. The number of carbonyl (C=O) groups excluding carboxylic acids is 1. The van der Waals surface area contributed by atoms with Gasteiger partial charge < -0.3 is 4.74 Å². The zero-order chi connectivity index (χ0) is 13.9. The third-order valence-electron chi connectivity index (χ3n) is 3.32. The van der Waals surface area contributed by atoms with Gasteiger partial charge in [0.25, 0.3) is 5.56 Å². The van der Waals surface area contributed by atoms with Crippen LogP contribution in [0.1, 0.15) is 25.0 Å². The lowest BCUT2D eigenvalue weighted by Crippen LogP contribution is -2.20. The van der Waals surface area contributed by atoms with Crippen LogP contribution in [-0.4, -0.2) is 15.4 Å². The zero-order valence-corrected chi connectivity index (χ0v) is 11.6. The monoisotopic (exact) mass is 290 g/mol. The molecule has 0 unspecified atom stereocenters. The molecule has 2 heterocycles. The molecule has 0 radical (unpaired) electrons. The molecule has 0 amide bonds. The summed E-state index contributed by atoms with van der Waals surface area (Å²) in [5.74, 6) is -0.269. The third kappa shape index (κ3) is 2.65. The number of nitrogens with zero attached hydrogens (tertiary/aromatic N) is 2. The van der Waals surface area contributed by atoms with Gasteiger partial charge in [0, 0.05) is 17.6 Å². The number of allylic oxidation sites excluding steroid dienone is 2. The lowest BCUT2D eigenvalue weighted by molar-refractivity contribution is -0.150. The molecule has 0 saturated heterocycles. The van der Waals surface area contributed by atoms with Gasteiger partial charge in [-0.15, -0.1) is 11.3 Å². The van der Waals surface area contributed by atoms with E-state index < -0.39 is 0 Å². The average Bonchev–Trinajstić information content (AvgIpc) is 2.94. The highest BCUT2D eigenvalue weighted by Gasteiger charge is 2.20. The first-order chi connectivity index (χ1) is 9.74. The summed E-state index contributed by atoms with van der Waals surface area (Å²) in [6.45, 7) is 0.0582. The molecule has 20 heavy (non-hydrogen) atoms. The molecule has 2 aromatic rings. The summed E-state index contributed by atoms with van der Waals surface area (Å²) in [7, 11) is 0. The maximum absolute atomic E-state index is 11.9. The van der Waals surface area contributed by atoms with E-state index in [1.807, 2.05) is 6.08 Å². The van der Waals surface area contributed by atoms with Crippen LogP contribution in [0, 0.1) is 5.92 Å². The van der Waals surface area contributed by atoms with Gasteiger partial charge in [-0.3, -0.25) is 14.0 Å². The van der Waals surface area contributed by atoms with Crippen molar-refractivity contribution in [1.29, 1.82) is 0 Å². The van der Waals surface area contributed by atoms with Crippen molar-refractivity contribution in [2.24, 2.45) is 5.92 Å². The Morgan fingerprint density at radius 1 is 1.50 bits per heavy atom. The molecule has 2 aromatic heterocycles. The molecule has 0 spiro atoms. The van der Waals surface area contributed by atoms with Crippen molar-refractivity contribution in [2.75, 3.05) is 0 Å². The second-order valence-electron chi connectivity index (χ2n) is 4.73. The Morgan fingerprint density at radius 2 is 2.40 bits per heavy atom. The molecule has 1 aliphatic carbocycles. The first-order valence-corrected chi connectivity index (χ1v) is 7.39. The van der Waals surface area contributed by atoms with Crippen molar-refractivity contribution in [3.8, 4) is 0 Å². The number of ether oxygens (including phenoxy) is 1. The minimum Gasteiger partial charge on any atom is -0.459 e. The van der Waals surface area contributed by atoms with E-state index in [0.717, 1.165) is 19.3 Å². The third-order valence-corrected chi connectivity index (χ3v) is 4.08. The van der Waals surface area contributed by atoms with E-state index in [1.54, 1.807) is 11.6 Å². The van der Waals surface area contributed by atoms with Crippen molar-refractivity contribution >= 4 is 22.3 Å². The molecule has 1 aliphatic rings. The SMILES string of the molecule is O=C(OCc1cc(=O)n2ccsc2n1)[C@@H]1CC=CCC1. The summed E-state index contributed by atoms with van der Waals surface area (Å²) >= 11 is 1.38. The number of hydrogen-bond acceptors (Lipinski definition) is 5. The van der Waals surface area contributed by atoms with Crippen LogP contribution in [0.25, 0.3) is 4.96 Å². The van der Waals surface area contributed by atoms with Gasteiger partial charge in [0.2, 0.25) is 0 Å². The Kier molecular flexibility index (Phi) is 3.64. The predicted octanol–water partition coefficient (Wildman–Crippen LogP) is 2.16. The number of thiazole rings is 1. The van der Waals surface area contributed by atoms with Crippen molar-refractivity contribution in [2.45, 2.75) is 25.9 Å². The summed E-state index contributed by atoms with van der Waals surface area (Å²) in [6, 6.07) is 1.41. The van der Waals surface area contributed by atoms with Crippen LogP contribution in [-0.2, 0) is 16.1 Å². The van der Waals surface area contributed by atoms with Crippen LogP contribution in [0.4, 0.5) is 0 Å². The minimum atomic E-state index is -0.206. The number of aromatic nitrogens is 2. The highest BCUT2D eigenvalue weighted by atomic mass is 32.1. The van der Waals surface area contributed by atoms with Crippen LogP contribution in [0.5, 0.6) is 0 Å². The number of carbonyl (C=O) groups is 1. The molecular formula is C14H14N2O3S. The van der Waals surface area contributed by atoms with Crippen molar-refractivity contribution in [3.05, 3.63) is 45.8 Å². The molecule has 0 fully saturated rings. The zero-order valence-electron chi connectivity index (χ0n) is 10.8. The standard InChI is InChI=1S/C14H14N2O3S/c17-12-8-11(15-14-16(12)6-7-20-14)9-19-13(18)10-4-2-1-3-5-10/h1-2,6-8,10H,3-5,9H2/t10-/m1/s1. The maximum Gasteiger partial charge on any atom is 0.309 e. The summed E-state index contributed by atoms with van der Waals surface area (Å²) in [5, 5.41) is 1.80. The second kappa shape index (κ2) is 5.58. The van der Waals surface area contributed by atoms with Crippen LogP contribution < -0.4 is 5.56 Å². The summed E-state index contributed by atoms with van der Waals surface area (Å²) in [5.41, 5.74) is 0.347. The Balaban J connectivity index is 1.68. The molecule has 5 nitrogen and oxygen atoms in total. The fourth-order valence-corrected chi connectivity index (χ4v) is 2.97. The van der Waals surface area contributed by atoms with Crippen molar-refractivity contribution in [1.82, 2.24) is 9.38 Å². The molecule has 104 valence electrons. The Morgan fingerprint density at radius 3 is 3.20 bits per heavy atom. The smallest absolute Gasteiger partial charge is 0.309 e. The lowest BCUT2D eigenvalue weighted by Gasteiger charge is -2.16. The van der Waals surface area contributed by atoms with Gasteiger partial charge >= 0.3 is 5.97 Å². The van der Waals surface area contributed by atoms with E-state index in [1.165, 1.54) is 21.8 Å². The molecule has 0 aliphatic heterocycles. The fraction of sp³-hybridized carbons (Fsp3) is 0.357. The first kappa shape index (κ1) is 13.1. The average molecular weight is 290 g/mol. The second-order valence-corrected chi connectivity index (χ2v) is 5.60. The van der Waals surface area contributed by atoms with Gasteiger partial charge in [-0.1, -0.05) is 12.2 Å². The van der Waals surface area contributed by atoms with Gasteiger partial charge in [0.05, 0.1) is 11.6 Å². The minimum absolute atomic E-state index is 0.0582. The van der Waals surface area contributed by atoms with Gasteiger partial charge in [-0.25, -0.2) is 4.98 Å². The topological polar surface area (TPSA) is 60.7 Å². The van der Waals surface area contributed by atoms with E-state index in [2.05, 4.69) is 11.1 Å². The van der Waals surface area contributed by atoms with E-state index >= 15 is 0 Å². The van der Waals surface area contributed by atoms with Gasteiger partial charge in [0.1, 0.15) is 6.61 Å². The molecule has 6 heteroatoms. The summed E-state index contributed by atoms with van der Waals surface area (Å²) in [4.78, 5) is 28.6. The number of hydrogen-bond donors (Lipinski definition) is 0. The van der Waals surface area contributed by atoms with E-state index in [4.69, 9.17) is 4.74 Å². The molecule has 0 N–H and O–H groups in total. The van der Waals surface area contributed by atoms with E-state index in [0.29, 0.717) is 10.7 Å². The van der Waals surface area contributed by atoms with E-state index in [9.17, 15) is 9.59 Å². The summed E-state index contributed by atoms with van der Waals surface area (Å²) < 4.78 is 6.74. The van der Waals surface area contributed by atoms with Crippen molar-refractivity contribution in [3.63, 3.8) is 0 Å². The predicted molar refractivity (Wildman–Crippen MR) is 75.6 cm³/mol. The van der Waals surface area contributed by atoms with Crippen molar-refractivity contribution < 1.29 is 9.53 Å². The van der Waals surface area contributed by atoms with E-state index in [-0.39, 0.29) is 24.1 Å². The molecule has 1 atom stereocenters.